The molecule has 0 atom stereocenters. The van der Waals surface area contributed by atoms with Crippen molar-refractivity contribution in [2.24, 2.45) is 0 Å². The first kappa shape index (κ1) is 18.8. The number of imide groups is 1. The molecule has 0 aromatic heterocycles. The van der Waals surface area contributed by atoms with Crippen molar-refractivity contribution in [3.63, 3.8) is 0 Å². The van der Waals surface area contributed by atoms with Gasteiger partial charge in [-0.3, -0.25) is 9.59 Å². The summed E-state index contributed by atoms with van der Waals surface area (Å²) in [5, 5.41) is 9.10. The van der Waals surface area contributed by atoms with Crippen LogP contribution in [0.4, 0.5) is 5.69 Å². The van der Waals surface area contributed by atoms with Gasteiger partial charge in [-0.25, -0.2) is 19.3 Å². The number of esters is 2. The summed E-state index contributed by atoms with van der Waals surface area (Å²) >= 11 is 0. The number of carboxylic acid groups (broad SMARTS) is 1. The van der Waals surface area contributed by atoms with Gasteiger partial charge in [-0.2, -0.15) is 0 Å². The second-order valence-corrected chi connectivity index (χ2v) is 5.73. The quantitative estimate of drug-likeness (QED) is 0.625. The van der Waals surface area contributed by atoms with Crippen molar-refractivity contribution in [2.45, 2.75) is 0 Å². The Labute approximate surface area is 158 Å². The Morgan fingerprint density at radius 3 is 2.04 bits per heavy atom. The lowest BCUT2D eigenvalue weighted by molar-refractivity contribution is 0.0587. The lowest BCUT2D eigenvalue weighted by Gasteiger charge is -2.18. The van der Waals surface area contributed by atoms with Gasteiger partial charge in [-0.05, 0) is 36.4 Å². The van der Waals surface area contributed by atoms with Crippen LogP contribution in [0.5, 0.6) is 0 Å². The predicted octanol–water partition coefficient (Wildman–Crippen LogP) is 1.76. The second-order valence-electron chi connectivity index (χ2n) is 5.73. The van der Waals surface area contributed by atoms with Gasteiger partial charge in [-0.15, -0.1) is 0 Å². The molecular weight excluding hydrogens is 370 g/mol. The number of fused-ring (bicyclic) bond motifs is 1. The highest BCUT2D eigenvalue weighted by molar-refractivity contribution is 6.35. The average molecular weight is 383 g/mol. The molecule has 9 nitrogen and oxygen atoms in total. The zero-order chi connectivity index (χ0) is 20.6. The van der Waals surface area contributed by atoms with Crippen LogP contribution in [0.2, 0.25) is 0 Å². The number of carbonyl (C=O) groups is 5. The summed E-state index contributed by atoms with van der Waals surface area (Å²) in [5.41, 5.74) is -0.592. The van der Waals surface area contributed by atoms with E-state index in [2.05, 4.69) is 9.47 Å². The summed E-state index contributed by atoms with van der Waals surface area (Å²) in [7, 11) is 2.29. The van der Waals surface area contributed by atoms with E-state index in [-0.39, 0.29) is 33.5 Å². The Morgan fingerprint density at radius 1 is 0.821 bits per heavy atom. The van der Waals surface area contributed by atoms with Gasteiger partial charge in [-0.1, -0.05) is 0 Å². The Kier molecular flexibility index (Phi) is 4.66. The molecule has 1 aliphatic heterocycles. The van der Waals surface area contributed by atoms with Crippen LogP contribution < -0.4 is 4.90 Å². The van der Waals surface area contributed by atoms with Crippen molar-refractivity contribution in [1.82, 2.24) is 0 Å². The molecule has 0 radical (unpaired) electrons. The molecule has 2 aromatic rings. The Hall–Kier alpha value is -4.01. The van der Waals surface area contributed by atoms with E-state index in [1.165, 1.54) is 24.3 Å². The molecule has 1 aliphatic rings. The average Bonchev–Trinajstić information content (AvgIpc) is 2.96. The first-order valence-corrected chi connectivity index (χ1v) is 7.87. The van der Waals surface area contributed by atoms with Gasteiger partial charge in [0.1, 0.15) is 0 Å². The molecule has 0 fully saturated rings. The van der Waals surface area contributed by atoms with Crippen molar-refractivity contribution >= 4 is 35.4 Å². The van der Waals surface area contributed by atoms with E-state index >= 15 is 0 Å². The first-order chi connectivity index (χ1) is 13.3. The number of hydrogen-bond acceptors (Lipinski definition) is 7. The molecule has 142 valence electrons. The summed E-state index contributed by atoms with van der Waals surface area (Å²) in [4.78, 5) is 61.4. The molecule has 1 N–H and O–H groups in total. The summed E-state index contributed by atoms with van der Waals surface area (Å²) in [6.45, 7) is 0. The van der Waals surface area contributed by atoms with Gasteiger partial charge in [0.25, 0.3) is 11.8 Å². The number of anilines is 1. The minimum atomic E-state index is -1.26. The van der Waals surface area contributed by atoms with Crippen LogP contribution in [0.25, 0.3) is 0 Å². The Bertz CT molecular complexity index is 1060. The van der Waals surface area contributed by atoms with Gasteiger partial charge < -0.3 is 14.6 Å². The third-order valence-electron chi connectivity index (χ3n) is 4.20. The lowest BCUT2D eigenvalue weighted by Crippen LogP contribution is -2.31. The molecule has 28 heavy (non-hydrogen) atoms. The standard InChI is InChI=1S/C19H13NO8/c1-27-18(25)10-4-6-12(19(26)28-2)14(8-10)20-15(21)11-5-3-9(17(23)24)7-13(11)16(20)22/h3-8H,1-2H3,(H,23,24). The van der Waals surface area contributed by atoms with Crippen LogP contribution in [-0.4, -0.2) is 49.0 Å². The fraction of sp³-hybridized carbons (Fsp3) is 0.105. The highest BCUT2D eigenvalue weighted by Gasteiger charge is 2.39. The zero-order valence-corrected chi connectivity index (χ0v) is 14.7. The third kappa shape index (κ3) is 2.88. The molecule has 0 unspecified atom stereocenters. The number of rotatable bonds is 4. The van der Waals surface area contributed by atoms with E-state index in [4.69, 9.17) is 5.11 Å². The zero-order valence-electron chi connectivity index (χ0n) is 14.7. The second kappa shape index (κ2) is 6.95. The fourth-order valence-electron chi connectivity index (χ4n) is 2.84. The maximum Gasteiger partial charge on any atom is 0.339 e. The molecule has 0 aliphatic carbocycles. The molecule has 9 heteroatoms. The van der Waals surface area contributed by atoms with E-state index in [1.54, 1.807) is 0 Å². The lowest BCUT2D eigenvalue weighted by atomic mass is 10.1. The normalized spacial score (nSPS) is 12.6. The number of hydrogen-bond donors (Lipinski definition) is 1. The third-order valence-corrected chi connectivity index (χ3v) is 4.20. The maximum atomic E-state index is 12.8. The number of ether oxygens (including phenoxy) is 2. The molecular formula is C19H13NO8. The van der Waals surface area contributed by atoms with Crippen LogP contribution in [0.15, 0.2) is 36.4 Å². The molecule has 2 aromatic carbocycles. The Morgan fingerprint density at radius 2 is 1.43 bits per heavy atom. The Balaban J connectivity index is 2.18. The summed E-state index contributed by atoms with van der Waals surface area (Å²) in [6, 6.07) is 7.20. The number of aromatic carboxylic acids is 1. The SMILES string of the molecule is COC(=O)c1ccc(C(=O)OC)c(N2C(=O)c3ccc(C(=O)O)cc3C2=O)c1. The van der Waals surface area contributed by atoms with E-state index in [0.717, 1.165) is 26.4 Å². The van der Waals surface area contributed by atoms with Crippen LogP contribution in [0, 0.1) is 0 Å². The highest BCUT2D eigenvalue weighted by atomic mass is 16.5. The first-order valence-electron chi connectivity index (χ1n) is 7.87. The molecule has 2 amide bonds. The molecule has 0 bridgehead atoms. The minimum absolute atomic E-state index is 0.00735. The van der Waals surface area contributed by atoms with Crippen molar-refractivity contribution in [1.29, 1.82) is 0 Å². The van der Waals surface area contributed by atoms with E-state index < -0.39 is 29.7 Å². The smallest absolute Gasteiger partial charge is 0.339 e. The van der Waals surface area contributed by atoms with Crippen molar-refractivity contribution in [2.75, 3.05) is 19.1 Å². The topological polar surface area (TPSA) is 127 Å². The van der Waals surface area contributed by atoms with Gasteiger partial charge in [0.2, 0.25) is 0 Å². The van der Waals surface area contributed by atoms with Crippen molar-refractivity contribution in [3.8, 4) is 0 Å². The van der Waals surface area contributed by atoms with Gasteiger partial charge in [0.05, 0.1) is 47.7 Å². The van der Waals surface area contributed by atoms with Crippen LogP contribution in [0.1, 0.15) is 51.8 Å². The number of nitrogens with zero attached hydrogens (tertiary/aromatic N) is 1. The van der Waals surface area contributed by atoms with Crippen LogP contribution >= 0.6 is 0 Å². The largest absolute Gasteiger partial charge is 0.478 e. The maximum absolute atomic E-state index is 12.8. The van der Waals surface area contributed by atoms with Gasteiger partial charge in [0.15, 0.2) is 0 Å². The predicted molar refractivity (Wildman–Crippen MR) is 93.7 cm³/mol. The highest BCUT2D eigenvalue weighted by Crippen LogP contribution is 2.32. The van der Waals surface area contributed by atoms with E-state index in [0.29, 0.717) is 4.90 Å². The molecule has 0 saturated carbocycles. The molecule has 0 spiro atoms. The fourth-order valence-corrected chi connectivity index (χ4v) is 2.84. The monoisotopic (exact) mass is 383 g/mol. The number of amides is 2. The van der Waals surface area contributed by atoms with Crippen LogP contribution in [-0.2, 0) is 9.47 Å². The van der Waals surface area contributed by atoms with Gasteiger partial charge in [0, 0.05) is 0 Å². The molecule has 3 rings (SSSR count). The number of methoxy groups -OCH3 is 2. The van der Waals surface area contributed by atoms with E-state index in [1.807, 2.05) is 0 Å². The molecule has 1 heterocycles. The number of carbonyl (C=O) groups excluding carboxylic acids is 4. The van der Waals surface area contributed by atoms with Crippen LogP contribution in [0.3, 0.4) is 0 Å². The van der Waals surface area contributed by atoms with Gasteiger partial charge >= 0.3 is 17.9 Å². The minimum Gasteiger partial charge on any atom is -0.478 e. The summed E-state index contributed by atoms with van der Waals surface area (Å²) in [5.74, 6) is -4.40. The summed E-state index contributed by atoms with van der Waals surface area (Å²) in [6.07, 6.45) is 0. The van der Waals surface area contributed by atoms with E-state index in [9.17, 15) is 24.0 Å². The number of benzene rings is 2. The van der Waals surface area contributed by atoms with Crippen molar-refractivity contribution in [3.05, 3.63) is 64.2 Å². The van der Waals surface area contributed by atoms with Crippen molar-refractivity contribution < 1.29 is 38.6 Å². The molecule has 0 saturated heterocycles. The summed E-state index contributed by atoms with van der Waals surface area (Å²) < 4.78 is 9.31. The number of carboxylic acids is 1.